The first-order valence-corrected chi connectivity index (χ1v) is 9.87. The number of fused-ring (bicyclic) bond motifs is 2. The first-order chi connectivity index (χ1) is 15.1. The average Bonchev–Trinajstić information content (AvgIpc) is 3.14. The van der Waals surface area contributed by atoms with Gasteiger partial charge in [-0.05, 0) is 22.4 Å². The second kappa shape index (κ2) is 7.09. The highest BCUT2D eigenvalue weighted by atomic mass is 16.5. The zero-order valence-electron chi connectivity index (χ0n) is 16.8. The predicted molar refractivity (Wildman–Crippen MR) is 120 cm³/mol. The molecule has 148 valence electrons. The molecule has 3 aromatic carbocycles. The summed E-state index contributed by atoms with van der Waals surface area (Å²) >= 11 is 0. The van der Waals surface area contributed by atoms with E-state index in [2.05, 4.69) is 12.1 Å². The highest BCUT2D eigenvalue weighted by Gasteiger charge is 2.34. The molecule has 0 fully saturated rings. The van der Waals surface area contributed by atoms with Gasteiger partial charge in [0.15, 0.2) is 5.76 Å². The molecule has 1 aliphatic heterocycles. The zero-order chi connectivity index (χ0) is 21.5. The largest absolute Gasteiger partial charge is 0.439 e. The van der Waals surface area contributed by atoms with Crippen LogP contribution in [0.15, 0.2) is 90.0 Å². The van der Waals surface area contributed by atoms with Gasteiger partial charge in [0, 0.05) is 29.7 Å². The van der Waals surface area contributed by atoms with Crippen LogP contribution in [0.1, 0.15) is 17.0 Å². The van der Waals surface area contributed by atoms with E-state index in [1.54, 1.807) is 0 Å². The van der Waals surface area contributed by atoms with E-state index in [0.29, 0.717) is 11.3 Å². The standard InChI is InChI=1S/C26H18N4O/c1-30-15-22(19-8-4-5-9-23(19)30)25-20(13-27)24(21(14-28)26(29)31-25)18-11-10-16-6-2-3-7-17(16)12-18/h2-12,15,24H,29H2,1H3. The SMILES string of the molecule is Cn1cc(C2=C(C#N)C(c3ccc4ccccc4c3)C(C#N)=C(N)O2)c2ccccc21. The molecule has 0 bridgehead atoms. The number of hydrogen-bond donors (Lipinski definition) is 1. The maximum Gasteiger partial charge on any atom is 0.205 e. The van der Waals surface area contributed by atoms with Crippen molar-refractivity contribution in [2.45, 2.75) is 5.92 Å². The summed E-state index contributed by atoms with van der Waals surface area (Å²) in [6.45, 7) is 0. The number of nitrogens with two attached hydrogens (primary N) is 1. The highest BCUT2D eigenvalue weighted by Crippen LogP contribution is 2.44. The van der Waals surface area contributed by atoms with Crippen LogP contribution >= 0.6 is 0 Å². The van der Waals surface area contributed by atoms with Gasteiger partial charge in [0.25, 0.3) is 0 Å². The van der Waals surface area contributed by atoms with Gasteiger partial charge in [-0.25, -0.2) is 0 Å². The molecule has 5 heteroatoms. The van der Waals surface area contributed by atoms with E-state index in [9.17, 15) is 10.5 Å². The average molecular weight is 402 g/mol. The summed E-state index contributed by atoms with van der Waals surface area (Å²) in [7, 11) is 1.95. The molecule has 1 atom stereocenters. The molecule has 1 unspecified atom stereocenters. The van der Waals surface area contributed by atoms with Gasteiger partial charge in [0.2, 0.25) is 5.88 Å². The minimum atomic E-state index is -0.595. The van der Waals surface area contributed by atoms with E-state index in [1.165, 1.54) is 0 Å². The molecule has 5 nitrogen and oxygen atoms in total. The summed E-state index contributed by atoms with van der Waals surface area (Å²) in [6, 6.07) is 26.3. The fourth-order valence-electron chi connectivity index (χ4n) is 4.32. The van der Waals surface area contributed by atoms with Crippen LogP contribution in [0, 0.1) is 22.7 Å². The summed E-state index contributed by atoms with van der Waals surface area (Å²) in [5, 5.41) is 23.1. The van der Waals surface area contributed by atoms with Crippen molar-refractivity contribution in [2.24, 2.45) is 12.8 Å². The molecule has 31 heavy (non-hydrogen) atoms. The lowest BCUT2D eigenvalue weighted by atomic mass is 9.82. The molecule has 0 saturated heterocycles. The molecule has 0 saturated carbocycles. The van der Waals surface area contributed by atoms with Crippen LogP contribution in [0.2, 0.25) is 0 Å². The summed E-state index contributed by atoms with van der Waals surface area (Å²) in [5.41, 5.74) is 9.45. The van der Waals surface area contributed by atoms with Crippen molar-refractivity contribution in [3.05, 3.63) is 101 Å². The van der Waals surface area contributed by atoms with Crippen LogP contribution in [0.3, 0.4) is 0 Å². The molecule has 4 aromatic rings. The van der Waals surface area contributed by atoms with E-state index in [0.717, 1.165) is 32.8 Å². The number of aryl methyl sites for hydroxylation is 1. The summed E-state index contributed by atoms with van der Waals surface area (Å²) in [6.07, 6.45) is 1.93. The number of allylic oxidation sites excluding steroid dienone is 2. The fourth-order valence-corrected chi connectivity index (χ4v) is 4.32. The van der Waals surface area contributed by atoms with Crippen LogP contribution in [0.25, 0.3) is 27.4 Å². The molecule has 2 heterocycles. The van der Waals surface area contributed by atoms with E-state index in [4.69, 9.17) is 10.5 Å². The Kier molecular flexibility index (Phi) is 4.24. The third kappa shape index (κ3) is 2.84. The van der Waals surface area contributed by atoms with Gasteiger partial charge in [0.05, 0.1) is 17.6 Å². The molecule has 1 aromatic heterocycles. The van der Waals surface area contributed by atoms with Gasteiger partial charge in [-0.3, -0.25) is 0 Å². The van der Waals surface area contributed by atoms with Crippen molar-refractivity contribution < 1.29 is 4.74 Å². The van der Waals surface area contributed by atoms with Crippen molar-refractivity contribution >= 4 is 27.4 Å². The molecule has 0 radical (unpaired) electrons. The third-order valence-electron chi connectivity index (χ3n) is 5.79. The second-order valence-corrected chi connectivity index (χ2v) is 7.56. The van der Waals surface area contributed by atoms with Crippen LogP contribution in [0.5, 0.6) is 0 Å². The number of rotatable bonds is 2. The predicted octanol–water partition coefficient (Wildman–Crippen LogP) is 5.07. The van der Waals surface area contributed by atoms with Crippen molar-refractivity contribution in [3.8, 4) is 12.1 Å². The Bertz CT molecular complexity index is 1510. The summed E-state index contributed by atoms with van der Waals surface area (Å²) in [4.78, 5) is 0. The number of para-hydroxylation sites is 1. The lowest BCUT2D eigenvalue weighted by Gasteiger charge is -2.26. The Labute approximate surface area is 179 Å². The Morgan fingerprint density at radius 3 is 2.39 bits per heavy atom. The summed E-state index contributed by atoms with van der Waals surface area (Å²) < 4.78 is 7.91. The maximum absolute atomic E-state index is 10.2. The smallest absolute Gasteiger partial charge is 0.205 e. The van der Waals surface area contributed by atoms with Gasteiger partial charge in [-0.1, -0.05) is 60.7 Å². The number of nitrogens with zero attached hydrogens (tertiary/aromatic N) is 3. The lowest BCUT2D eigenvalue weighted by Crippen LogP contribution is -2.20. The minimum absolute atomic E-state index is 0.0302. The maximum atomic E-state index is 10.2. The van der Waals surface area contributed by atoms with E-state index in [-0.39, 0.29) is 11.5 Å². The second-order valence-electron chi connectivity index (χ2n) is 7.56. The van der Waals surface area contributed by atoms with Gasteiger partial charge in [-0.15, -0.1) is 0 Å². The first kappa shape index (κ1) is 18.5. The molecule has 0 spiro atoms. The van der Waals surface area contributed by atoms with Crippen molar-refractivity contribution in [1.29, 1.82) is 10.5 Å². The zero-order valence-corrected chi connectivity index (χ0v) is 16.8. The molecule has 5 rings (SSSR count). The lowest BCUT2D eigenvalue weighted by molar-refractivity contribution is 0.358. The first-order valence-electron chi connectivity index (χ1n) is 9.87. The van der Waals surface area contributed by atoms with E-state index >= 15 is 0 Å². The van der Waals surface area contributed by atoms with Crippen LogP contribution < -0.4 is 5.73 Å². The van der Waals surface area contributed by atoms with Crippen molar-refractivity contribution in [2.75, 3.05) is 0 Å². The molecular weight excluding hydrogens is 384 g/mol. The van der Waals surface area contributed by atoms with Gasteiger partial charge in [-0.2, -0.15) is 10.5 Å². The van der Waals surface area contributed by atoms with Crippen LogP contribution in [-0.2, 0) is 11.8 Å². The number of hydrogen-bond acceptors (Lipinski definition) is 4. The molecule has 0 aliphatic carbocycles. The van der Waals surface area contributed by atoms with Crippen molar-refractivity contribution in [1.82, 2.24) is 4.57 Å². The monoisotopic (exact) mass is 402 g/mol. The summed E-state index contributed by atoms with van der Waals surface area (Å²) in [5.74, 6) is -0.168. The Morgan fingerprint density at radius 2 is 1.61 bits per heavy atom. The molecule has 2 N–H and O–H groups in total. The van der Waals surface area contributed by atoms with Gasteiger partial charge < -0.3 is 15.0 Å². The number of nitriles is 2. The van der Waals surface area contributed by atoms with Crippen LogP contribution in [0.4, 0.5) is 0 Å². The fraction of sp³-hybridized carbons (Fsp3) is 0.0769. The Balaban J connectivity index is 1.78. The van der Waals surface area contributed by atoms with Crippen molar-refractivity contribution in [3.63, 3.8) is 0 Å². The van der Waals surface area contributed by atoms with Gasteiger partial charge in [0.1, 0.15) is 11.6 Å². The highest BCUT2D eigenvalue weighted by molar-refractivity contribution is 5.94. The Hall–Kier alpha value is -4.48. The number of ether oxygens (including phenoxy) is 1. The molecule has 1 aliphatic rings. The minimum Gasteiger partial charge on any atom is -0.439 e. The molecular formula is C26H18N4O. The Morgan fingerprint density at radius 1 is 0.903 bits per heavy atom. The topological polar surface area (TPSA) is 87.8 Å². The quantitative estimate of drug-likeness (QED) is 0.507. The molecule has 0 amide bonds. The number of benzene rings is 3. The van der Waals surface area contributed by atoms with Crippen LogP contribution in [-0.4, -0.2) is 4.57 Å². The number of aromatic nitrogens is 1. The van der Waals surface area contributed by atoms with E-state index in [1.807, 2.05) is 84.5 Å². The van der Waals surface area contributed by atoms with E-state index < -0.39 is 5.92 Å². The van der Waals surface area contributed by atoms with Gasteiger partial charge >= 0.3 is 0 Å². The normalized spacial score (nSPS) is 16.3. The third-order valence-corrected chi connectivity index (χ3v) is 5.79.